The van der Waals surface area contributed by atoms with Crippen LogP contribution < -0.4 is 19.5 Å². The first-order valence-electron chi connectivity index (χ1n) is 9.88. The first-order valence-corrected chi connectivity index (χ1v) is 9.88. The molecule has 0 radical (unpaired) electrons. The molecule has 2 aromatic carbocycles. The smallest absolute Gasteiger partial charge is 0.251 e. The van der Waals surface area contributed by atoms with Crippen molar-refractivity contribution in [3.63, 3.8) is 0 Å². The minimum absolute atomic E-state index is 0.149. The molecule has 1 aliphatic rings. The summed E-state index contributed by atoms with van der Waals surface area (Å²) in [5.41, 5.74) is 4.63. The summed E-state index contributed by atoms with van der Waals surface area (Å²) in [5, 5.41) is 7.42. The molecule has 4 rings (SSSR count). The molecular formula is C23H25N3O4. The number of aryl methyl sites for hydroxylation is 2. The molecule has 7 nitrogen and oxygen atoms in total. The highest BCUT2D eigenvalue weighted by atomic mass is 16.6. The second-order valence-electron chi connectivity index (χ2n) is 7.27. The van der Waals surface area contributed by atoms with Crippen molar-refractivity contribution in [2.75, 3.05) is 20.3 Å². The minimum atomic E-state index is -0.149. The molecule has 1 N–H and O–H groups in total. The van der Waals surface area contributed by atoms with E-state index in [0.717, 1.165) is 22.5 Å². The molecule has 1 amide bonds. The topological polar surface area (TPSA) is 74.6 Å². The number of carbonyl (C=O) groups is 1. The van der Waals surface area contributed by atoms with Gasteiger partial charge in [-0.2, -0.15) is 5.10 Å². The molecule has 2 heterocycles. The number of nitrogens with one attached hydrogen (secondary N) is 1. The van der Waals surface area contributed by atoms with Crippen molar-refractivity contribution >= 4 is 5.91 Å². The van der Waals surface area contributed by atoms with Gasteiger partial charge in [0.25, 0.3) is 5.91 Å². The Labute approximate surface area is 175 Å². The van der Waals surface area contributed by atoms with Gasteiger partial charge >= 0.3 is 0 Å². The predicted octanol–water partition coefficient (Wildman–Crippen LogP) is 3.26. The Hall–Kier alpha value is -3.48. The molecule has 3 aromatic rings. The third-order valence-corrected chi connectivity index (χ3v) is 5.04. The first-order chi connectivity index (χ1) is 14.5. The molecule has 0 aliphatic carbocycles. The van der Waals surface area contributed by atoms with Crippen LogP contribution in [0.15, 0.2) is 42.5 Å². The maximum atomic E-state index is 12.6. The first kappa shape index (κ1) is 19.8. The summed E-state index contributed by atoms with van der Waals surface area (Å²) in [6.45, 7) is 6.04. The van der Waals surface area contributed by atoms with Crippen LogP contribution in [-0.4, -0.2) is 36.0 Å². The monoisotopic (exact) mass is 407 g/mol. The van der Waals surface area contributed by atoms with E-state index in [9.17, 15) is 4.79 Å². The van der Waals surface area contributed by atoms with Gasteiger partial charge in [-0.1, -0.05) is 12.1 Å². The lowest BCUT2D eigenvalue weighted by Crippen LogP contribution is -2.23. The second kappa shape index (κ2) is 8.49. The van der Waals surface area contributed by atoms with Crippen LogP contribution in [0.25, 0.3) is 0 Å². The minimum Gasteiger partial charge on any atom is -0.496 e. The largest absolute Gasteiger partial charge is 0.496 e. The van der Waals surface area contributed by atoms with Crippen LogP contribution in [0.2, 0.25) is 0 Å². The summed E-state index contributed by atoms with van der Waals surface area (Å²) in [4.78, 5) is 12.6. The normalized spacial score (nSPS) is 12.5. The zero-order valence-electron chi connectivity index (χ0n) is 17.4. The van der Waals surface area contributed by atoms with Crippen molar-refractivity contribution in [2.24, 2.45) is 0 Å². The van der Waals surface area contributed by atoms with Crippen LogP contribution in [0.3, 0.4) is 0 Å². The zero-order chi connectivity index (χ0) is 21.1. The van der Waals surface area contributed by atoms with E-state index in [1.165, 1.54) is 0 Å². The summed E-state index contributed by atoms with van der Waals surface area (Å²) in [5.74, 6) is 1.83. The predicted molar refractivity (Wildman–Crippen MR) is 112 cm³/mol. The second-order valence-corrected chi connectivity index (χ2v) is 7.27. The number of ether oxygens (including phenoxy) is 3. The third kappa shape index (κ3) is 4.25. The molecule has 0 saturated heterocycles. The average Bonchev–Trinajstić information content (AvgIpc) is 3.08. The van der Waals surface area contributed by atoms with Crippen LogP contribution in [-0.2, 0) is 13.1 Å². The number of nitrogens with zero attached hydrogens (tertiary/aromatic N) is 2. The van der Waals surface area contributed by atoms with Crippen LogP contribution in [0.4, 0.5) is 0 Å². The van der Waals surface area contributed by atoms with Gasteiger partial charge in [0.2, 0.25) is 0 Å². The van der Waals surface area contributed by atoms with Crippen molar-refractivity contribution in [3.8, 4) is 17.2 Å². The number of hydrogen-bond donors (Lipinski definition) is 1. The fourth-order valence-corrected chi connectivity index (χ4v) is 3.49. The van der Waals surface area contributed by atoms with E-state index in [4.69, 9.17) is 14.2 Å². The van der Waals surface area contributed by atoms with Gasteiger partial charge in [-0.15, -0.1) is 0 Å². The molecule has 0 saturated carbocycles. The number of fused-ring (bicyclic) bond motifs is 1. The number of amides is 1. The Kier molecular flexibility index (Phi) is 5.61. The molecule has 1 aliphatic heterocycles. The van der Waals surface area contributed by atoms with Crippen LogP contribution in [0.5, 0.6) is 17.2 Å². The van der Waals surface area contributed by atoms with Crippen molar-refractivity contribution < 1.29 is 19.0 Å². The van der Waals surface area contributed by atoms with Gasteiger partial charge in [0.05, 0.1) is 19.3 Å². The van der Waals surface area contributed by atoms with Crippen molar-refractivity contribution in [2.45, 2.75) is 26.9 Å². The van der Waals surface area contributed by atoms with E-state index in [0.29, 0.717) is 49.1 Å². The maximum absolute atomic E-state index is 12.6. The van der Waals surface area contributed by atoms with Gasteiger partial charge in [0, 0.05) is 29.4 Å². The number of aromatic nitrogens is 2. The number of methoxy groups -OCH3 is 1. The van der Waals surface area contributed by atoms with Crippen molar-refractivity contribution in [1.82, 2.24) is 15.1 Å². The van der Waals surface area contributed by atoms with E-state index >= 15 is 0 Å². The summed E-state index contributed by atoms with van der Waals surface area (Å²) >= 11 is 0. The SMILES string of the molecule is COc1cc2c(cc1CNC(=O)c1ccc(Cn3nc(C)cc3C)cc1)OCCO2. The van der Waals surface area contributed by atoms with E-state index in [-0.39, 0.29) is 5.91 Å². The van der Waals surface area contributed by atoms with Crippen LogP contribution in [0.1, 0.15) is 32.9 Å². The molecule has 0 fully saturated rings. The molecule has 0 atom stereocenters. The molecular weight excluding hydrogens is 382 g/mol. The Morgan fingerprint density at radius 1 is 1.10 bits per heavy atom. The quantitative estimate of drug-likeness (QED) is 0.679. The van der Waals surface area contributed by atoms with Gasteiger partial charge in [-0.25, -0.2) is 0 Å². The lowest BCUT2D eigenvalue weighted by molar-refractivity contribution is 0.0950. The molecule has 30 heavy (non-hydrogen) atoms. The number of carbonyl (C=O) groups excluding carboxylic acids is 1. The van der Waals surface area contributed by atoms with Gasteiger partial charge in [-0.3, -0.25) is 9.48 Å². The summed E-state index contributed by atoms with van der Waals surface area (Å²) in [6.07, 6.45) is 0. The number of hydrogen-bond acceptors (Lipinski definition) is 5. The summed E-state index contributed by atoms with van der Waals surface area (Å²) in [6, 6.07) is 13.3. The Balaban J connectivity index is 1.41. The summed E-state index contributed by atoms with van der Waals surface area (Å²) in [7, 11) is 1.60. The standard InChI is InChI=1S/C23H25N3O4/c1-15-10-16(2)26(25-15)14-17-4-6-18(7-5-17)23(27)24-13-19-11-21-22(12-20(19)28-3)30-9-8-29-21/h4-7,10-12H,8-9,13-14H2,1-3H3,(H,24,27). The molecule has 7 heteroatoms. The maximum Gasteiger partial charge on any atom is 0.251 e. The fourth-order valence-electron chi connectivity index (χ4n) is 3.49. The highest BCUT2D eigenvalue weighted by Gasteiger charge is 2.17. The fraction of sp³-hybridized carbons (Fsp3) is 0.304. The summed E-state index contributed by atoms with van der Waals surface area (Å²) < 4.78 is 18.6. The molecule has 156 valence electrons. The number of benzene rings is 2. The van der Waals surface area contributed by atoms with Gasteiger partial charge in [0.1, 0.15) is 19.0 Å². The van der Waals surface area contributed by atoms with Crippen molar-refractivity contribution in [3.05, 3.63) is 70.5 Å². The average molecular weight is 407 g/mol. The van der Waals surface area contributed by atoms with E-state index < -0.39 is 0 Å². The third-order valence-electron chi connectivity index (χ3n) is 5.04. The van der Waals surface area contributed by atoms with E-state index in [1.807, 2.05) is 54.9 Å². The van der Waals surface area contributed by atoms with Gasteiger partial charge < -0.3 is 19.5 Å². The molecule has 0 unspecified atom stereocenters. The Bertz CT molecular complexity index is 1060. The molecule has 0 bridgehead atoms. The molecule has 0 spiro atoms. The van der Waals surface area contributed by atoms with Crippen LogP contribution in [0, 0.1) is 13.8 Å². The van der Waals surface area contributed by atoms with E-state index in [1.54, 1.807) is 13.2 Å². The lowest BCUT2D eigenvalue weighted by atomic mass is 10.1. The zero-order valence-corrected chi connectivity index (χ0v) is 17.4. The molecule has 1 aromatic heterocycles. The van der Waals surface area contributed by atoms with Gasteiger partial charge in [0.15, 0.2) is 11.5 Å². The van der Waals surface area contributed by atoms with Gasteiger partial charge in [-0.05, 0) is 43.7 Å². The number of rotatable bonds is 6. The Morgan fingerprint density at radius 3 is 2.43 bits per heavy atom. The highest BCUT2D eigenvalue weighted by molar-refractivity contribution is 5.94. The Morgan fingerprint density at radius 2 is 1.80 bits per heavy atom. The highest BCUT2D eigenvalue weighted by Crippen LogP contribution is 2.36. The van der Waals surface area contributed by atoms with E-state index in [2.05, 4.69) is 10.4 Å². The lowest BCUT2D eigenvalue weighted by Gasteiger charge is -2.21. The van der Waals surface area contributed by atoms with Crippen molar-refractivity contribution in [1.29, 1.82) is 0 Å². The van der Waals surface area contributed by atoms with Crippen LogP contribution >= 0.6 is 0 Å².